The van der Waals surface area contributed by atoms with Gasteiger partial charge in [0.1, 0.15) is 6.10 Å². The molecular weight excluding hydrogens is 216 g/mol. The molecule has 4 nitrogen and oxygen atoms in total. The van der Waals surface area contributed by atoms with Crippen LogP contribution in [0.5, 0.6) is 0 Å². The Hall–Kier alpha value is -1.68. The van der Waals surface area contributed by atoms with Gasteiger partial charge in [-0.3, -0.25) is 0 Å². The first-order chi connectivity index (χ1) is 8.20. The molecule has 1 unspecified atom stereocenters. The molecule has 0 spiro atoms. The summed E-state index contributed by atoms with van der Waals surface area (Å²) in [6.45, 7) is 3.93. The van der Waals surface area contributed by atoms with Crippen molar-refractivity contribution in [1.82, 2.24) is 10.1 Å². The molecule has 0 amide bonds. The van der Waals surface area contributed by atoms with E-state index in [1.165, 1.54) is 5.56 Å². The van der Waals surface area contributed by atoms with Crippen LogP contribution >= 0.6 is 0 Å². The molecule has 0 aliphatic heterocycles. The number of aromatic nitrogens is 2. The Balaban J connectivity index is 2.14. The summed E-state index contributed by atoms with van der Waals surface area (Å²) in [5, 5.41) is 13.4. The zero-order valence-corrected chi connectivity index (χ0v) is 10.1. The van der Waals surface area contributed by atoms with Gasteiger partial charge in [-0.25, -0.2) is 0 Å². The van der Waals surface area contributed by atoms with E-state index in [-0.39, 0.29) is 0 Å². The van der Waals surface area contributed by atoms with Crippen molar-refractivity contribution in [3.63, 3.8) is 0 Å². The number of benzene rings is 1. The van der Waals surface area contributed by atoms with Gasteiger partial charge in [-0.1, -0.05) is 36.3 Å². The quantitative estimate of drug-likeness (QED) is 0.879. The van der Waals surface area contributed by atoms with Crippen LogP contribution < -0.4 is 0 Å². The van der Waals surface area contributed by atoms with Crippen molar-refractivity contribution >= 4 is 0 Å². The van der Waals surface area contributed by atoms with Crippen LogP contribution in [-0.4, -0.2) is 15.2 Å². The molecule has 0 aliphatic rings. The number of aliphatic hydroxyl groups is 1. The average molecular weight is 232 g/mol. The third-order valence-electron chi connectivity index (χ3n) is 2.77. The molecule has 1 aromatic heterocycles. The van der Waals surface area contributed by atoms with Crippen LogP contribution in [0.15, 0.2) is 28.8 Å². The first kappa shape index (κ1) is 11.8. The summed E-state index contributed by atoms with van der Waals surface area (Å²) in [6, 6.07) is 8.07. The molecule has 4 heteroatoms. The van der Waals surface area contributed by atoms with E-state index >= 15 is 0 Å². The van der Waals surface area contributed by atoms with Crippen molar-refractivity contribution in [3.8, 4) is 0 Å². The van der Waals surface area contributed by atoms with E-state index in [2.05, 4.69) is 10.1 Å². The van der Waals surface area contributed by atoms with E-state index in [0.717, 1.165) is 5.56 Å². The lowest BCUT2D eigenvalue weighted by Gasteiger charge is -2.01. The van der Waals surface area contributed by atoms with E-state index in [0.29, 0.717) is 24.6 Å². The molecule has 0 aliphatic carbocycles. The molecule has 0 radical (unpaired) electrons. The normalized spacial score (nSPS) is 12.6. The minimum atomic E-state index is -0.635. The van der Waals surface area contributed by atoms with Gasteiger partial charge in [0.05, 0.1) is 6.42 Å². The minimum absolute atomic E-state index is 0.371. The molecule has 90 valence electrons. The van der Waals surface area contributed by atoms with Crippen molar-refractivity contribution in [2.75, 3.05) is 0 Å². The highest BCUT2D eigenvalue weighted by molar-refractivity contribution is 5.27. The van der Waals surface area contributed by atoms with Gasteiger partial charge < -0.3 is 9.63 Å². The highest BCUT2D eigenvalue weighted by Gasteiger charge is 2.14. The van der Waals surface area contributed by atoms with Crippen molar-refractivity contribution < 1.29 is 9.63 Å². The fourth-order valence-corrected chi connectivity index (χ4v) is 1.63. The molecule has 2 rings (SSSR count). The largest absolute Gasteiger partial charge is 0.385 e. The van der Waals surface area contributed by atoms with Crippen LogP contribution in [0.1, 0.15) is 42.3 Å². The molecule has 0 saturated heterocycles. The topological polar surface area (TPSA) is 59.2 Å². The summed E-state index contributed by atoms with van der Waals surface area (Å²) < 4.78 is 5.13. The van der Waals surface area contributed by atoms with Gasteiger partial charge >= 0.3 is 0 Å². The van der Waals surface area contributed by atoms with E-state index in [1.54, 1.807) is 0 Å². The van der Waals surface area contributed by atoms with Crippen LogP contribution in [0.3, 0.4) is 0 Å². The Morgan fingerprint density at radius 3 is 2.82 bits per heavy atom. The van der Waals surface area contributed by atoms with Crippen molar-refractivity contribution in [1.29, 1.82) is 0 Å². The van der Waals surface area contributed by atoms with E-state index in [1.807, 2.05) is 38.1 Å². The van der Waals surface area contributed by atoms with Crippen molar-refractivity contribution in [2.24, 2.45) is 0 Å². The Kier molecular flexibility index (Phi) is 3.54. The monoisotopic (exact) mass is 232 g/mol. The number of aliphatic hydroxyl groups excluding tert-OH is 1. The average Bonchev–Trinajstić information content (AvgIpc) is 2.80. The first-order valence-electron chi connectivity index (χ1n) is 5.75. The zero-order chi connectivity index (χ0) is 12.3. The van der Waals surface area contributed by atoms with Gasteiger partial charge in [0, 0.05) is 0 Å². The van der Waals surface area contributed by atoms with Crippen LogP contribution in [0.2, 0.25) is 0 Å². The Morgan fingerprint density at radius 2 is 2.12 bits per heavy atom. The standard InChI is InChI=1S/C13H16N2O2/c1-3-11(16)13-14-12(17-15-13)8-10-7-5-4-6-9(10)2/h4-7,11,16H,3,8H2,1-2H3. The molecule has 1 N–H and O–H groups in total. The van der Waals surface area contributed by atoms with Crippen LogP contribution in [-0.2, 0) is 6.42 Å². The van der Waals surface area contributed by atoms with Crippen LogP contribution in [0.4, 0.5) is 0 Å². The molecule has 0 saturated carbocycles. The second kappa shape index (κ2) is 5.10. The molecular formula is C13H16N2O2. The molecule has 1 aromatic carbocycles. The molecule has 1 atom stereocenters. The summed E-state index contributed by atoms with van der Waals surface area (Å²) in [7, 11) is 0. The lowest BCUT2D eigenvalue weighted by molar-refractivity contribution is 0.159. The Labute approximate surface area is 100 Å². The molecule has 0 bridgehead atoms. The Morgan fingerprint density at radius 1 is 1.35 bits per heavy atom. The lowest BCUT2D eigenvalue weighted by atomic mass is 10.1. The minimum Gasteiger partial charge on any atom is -0.385 e. The third-order valence-corrected chi connectivity index (χ3v) is 2.77. The molecule has 17 heavy (non-hydrogen) atoms. The molecule has 1 heterocycles. The van der Waals surface area contributed by atoms with Crippen LogP contribution in [0.25, 0.3) is 0 Å². The highest BCUT2D eigenvalue weighted by Crippen LogP contribution is 2.16. The maximum absolute atomic E-state index is 9.58. The summed E-state index contributed by atoms with van der Waals surface area (Å²) in [5.74, 6) is 0.915. The summed E-state index contributed by atoms with van der Waals surface area (Å²) in [5.41, 5.74) is 2.36. The summed E-state index contributed by atoms with van der Waals surface area (Å²) >= 11 is 0. The van der Waals surface area contributed by atoms with Gasteiger partial charge in [-0.15, -0.1) is 0 Å². The Bertz CT molecular complexity index is 494. The highest BCUT2D eigenvalue weighted by atomic mass is 16.5. The lowest BCUT2D eigenvalue weighted by Crippen LogP contribution is -1.98. The third kappa shape index (κ3) is 2.71. The van der Waals surface area contributed by atoms with Crippen molar-refractivity contribution in [3.05, 3.63) is 47.1 Å². The second-order valence-electron chi connectivity index (χ2n) is 4.07. The number of hydrogen-bond donors (Lipinski definition) is 1. The van der Waals surface area contributed by atoms with Crippen LogP contribution in [0, 0.1) is 6.92 Å². The SMILES string of the molecule is CCC(O)c1noc(Cc2ccccc2C)n1. The smallest absolute Gasteiger partial charge is 0.231 e. The van der Waals surface area contributed by atoms with Gasteiger partial charge in [-0.2, -0.15) is 4.98 Å². The van der Waals surface area contributed by atoms with Gasteiger partial charge in [0.2, 0.25) is 5.89 Å². The second-order valence-corrected chi connectivity index (χ2v) is 4.07. The maximum Gasteiger partial charge on any atom is 0.231 e. The molecule has 0 fully saturated rings. The van der Waals surface area contributed by atoms with Crippen molar-refractivity contribution in [2.45, 2.75) is 32.8 Å². The summed E-state index contributed by atoms with van der Waals surface area (Å²) in [6.07, 6.45) is 0.559. The summed E-state index contributed by atoms with van der Waals surface area (Å²) in [4.78, 5) is 4.19. The van der Waals surface area contributed by atoms with Gasteiger partial charge in [0.15, 0.2) is 5.82 Å². The van der Waals surface area contributed by atoms with E-state index < -0.39 is 6.10 Å². The predicted molar refractivity (Wildman–Crippen MR) is 63.5 cm³/mol. The maximum atomic E-state index is 9.58. The molecule has 2 aromatic rings. The fourth-order valence-electron chi connectivity index (χ4n) is 1.63. The fraction of sp³-hybridized carbons (Fsp3) is 0.385. The number of nitrogens with zero attached hydrogens (tertiary/aromatic N) is 2. The van der Waals surface area contributed by atoms with Gasteiger partial charge in [0.25, 0.3) is 0 Å². The predicted octanol–water partition coefficient (Wildman–Crippen LogP) is 2.41. The van der Waals surface area contributed by atoms with Gasteiger partial charge in [-0.05, 0) is 24.5 Å². The number of hydrogen-bond acceptors (Lipinski definition) is 4. The van der Waals surface area contributed by atoms with E-state index in [9.17, 15) is 5.11 Å². The number of rotatable bonds is 4. The first-order valence-corrected chi connectivity index (χ1v) is 5.75. The zero-order valence-electron chi connectivity index (χ0n) is 10.1. The van der Waals surface area contributed by atoms with E-state index in [4.69, 9.17) is 4.52 Å². The number of aryl methyl sites for hydroxylation is 1.